The predicted molar refractivity (Wildman–Crippen MR) is 89.2 cm³/mol. The van der Waals surface area contributed by atoms with Crippen molar-refractivity contribution in [3.8, 4) is 5.75 Å². The van der Waals surface area contributed by atoms with E-state index in [1.54, 1.807) is 13.8 Å². The quantitative estimate of drug-likeness (QED) is 0.832. The summed E-state index contributed by atoms with van der Waals surface area (Å²) in [6.45, 7) is 3.11. The first-order valence-corrected chi connectivity index (χ1v) is 9.34. The van der Waals surface area contributed by atoms with Gasteiger partial charge in [-0.3, -0.25) is 4.79 Å². The van der Waals surface area contributed by atoms with Crippen LogP contribution in [0.1, 0.15) is 25.5 Å². The van der Waals surface area contributed by atoms with Crippen LogP contribution in [-0.4, -0.2) is 35.3 Å². The summed E-state index contributed by atoms with van der Waals surface area (Å²) in [7, 11) is -5.60. The fourth-order valence-corrected chi connectivity index (χ4v) is 3.81. The third kappa shape index (κ3) is 3.12. The molecule has 1 aromatic carbocycles. The number of aliphatic hydroxyl groups excluding tert-OH is 1. The average Bonchev–Trinajstić information content (AvgIpc) is 2.55. The zero-order valence-corrected chi connectivity index (χ0v) is 15.1. The van der Waals surface area contributed by atoms with Crippen LogP contribution in [0.4, 0.5) is 13.2 Å². The van der Waals surface area contributed by atoms with E-state index in [9.17, 15) is 31.5 Å². The van der Waals surface area contributed by atoms with Crippen LogP contribution in [0.5, 0.6) is 5.75 Å². The number of ether oxygens (including phenoxy) is 1. The lowest BCUT2D eigenvalue weighted by Gasteiger charge is -2.42. The molecule has 0 spiro atoms. The van der Waals surface area contributed by atoms with Crippen molar-refractivity contribution in [3.05, 3.63) is 58.5 Å². The van der Waals surface area contributed by atoms with Gasteiger partial charge in [0.05, 0.1) is 10.9 Å². The van der Waals surface area contributed by atoms with Gasteiger partial charge >= 0.3 is 5.51 Å². The second kappa shape index (κ2) is 6.10. The van der Waals surface area contributed by atoms with E-state index in [1.807, 2.05) is 0 Å². The van der Waals surface area contributed by atoms with Crippen molar-refractivity contribution in [1.82, 2.24) is 4.57 Å². The molecule has 0 amide bonds. The maximum absolute atomic E-state index is 12.9. The molecule has 3 rings (SSSR count). The van der Waals surface area contributed by atoms with Gasteiger partial charge in [0.2, 0.25) is 0 Å². The van der Waals surface area contributed by atoms with Gasteiger partial charge in [0.25, 0.3) is 15.4 Å². The molecule has 0 aliphatic carbocycles. The Labute approximate surface area is 152 Å². The third-order valence-corrected chi connectivity index (χ3v) is 5.93. The van der Waals surface area contributed by atoms with Gasteiger partial charge in [0.1, 0.15) is 17.5 Å². The van der Waals surface area contributed by atoms with Crippen LogP contribution >= 0.6 is 0 Å². The highest BCUT2D eigenvalue weighted by Crippen LogP contribution is 2.43. The largest absolute Gasteiger partial charge is 0.501 e. The number of aromatic nitrogens is 1. The standard InChI is InChI=1S/C17H16F3NO5S/c1-16(2)15(23)14(21-8-4-3-5-13(21)22)11-9-10(6-7-12(11)26-16)27(24,25)17(18,19)20/h3-9,14-15,23H,1-2H3/t14-,15+/m1/s1. The lowest BCUT2D eigenvalue weighted by atomic mass is 9.86. The SMILES string of the molecule is CC1(C)Oc2ccc(S(=O)(=O)C(F)(F)F)cc2[C@@H](n2ccccc2=O)[C@@H]1O. The van der Waals surface area contributed by atoms with E-state index in [0.29, 0.717) is 0 Å². The van der Waals surface area contributed by atoms with E-state index in [1.165, 1.54) is 24.4 Å². The number of benzene rings is 1. The van der Waals surface area contributed by atoms with Gasteiger partial charge in [-0.05, 0) is 38.1 Å². The zero-order valence-electron chi connectivity index (χ0n) is 14.3. The zero-order chi connectivity index (χ0) is 20.2. The molecule has 6 nitrogen and oxygen atoms in total. The predicted octanol–water partition coefficient (Wildman–Crippen LogP) is 2.26. The number of pyridine rings is 1. The van der Waals surface area contributed by atoms with E-state index >= 15 is 0 Å². The third-order valence-electron chi connectivity index (χ3n) is 4.45. The Kier molecular flexibility index (Phi) is 4.39. The van der Waals surface area contributed by atoms with Gasteiger partial charge in [0.15, 0.2) is 0 Å². The van der Waals surface area contributed by atoms with Crippen molar-refractivity contribution in [1.29, 1.82) is 0 Å². The molecule has 146 valence electrons. The summed E-state index contributed by atoms with van der Waals surface area (Å²) >= 11 is 0. The van der Waals surface area contributed by atoms with Crippen LogP contribution in [0.15, 0.2) is 52.3 Å². The smallest absolute Gasteiger partial charge is 0.485 e. The highest BCUT2D eigenvalue weighted by atomic mass is 32.2. The molecule has 0 bridgehead atoms. The molecular formula is C17H16F3NO5S. The molecule has 1 aromatic heterocycles. The Morgan fingerprint density at radius 3 is 2.44 bits per heavy atom. The Bertz CT molecular complexity index is 1040. The minimum atomic E-state index is -5.60. The molecule has 10 heteroatoms. The van der Waals surface area contributed by atoms with Gasteiger partial charge in [-0.1, -0.05) is 6.07 Å². The molecule has 2 aromatic rings. The van der Waals surface area contributed by atoms with Gasteiger partial charge < -0.3 is 14.4 Å². The van der Waals surface area contributed by atoms with Crippen LogP contribution in [0.2, 0.25) is 0 Å². The molecular weight excluding hydrogens is 387 g/mol. The second-order valence-corrected chi connectivity index (χ2v) is 8.63. The minimum Gasteiger partial charge on any atom is -0.485 e. The molecule has 1 aliphatic rings. The van der Waals surface area contributed by atoms with Crippen molar-refractivity contribution in [3.63, 3.8) is 0 Å². The summed E-state index contributed by atoms with van der Waals surface area (Å²) < 4.78 is 69.0. The second-order valence-electron chi connectivity index (χ2n) is 6.69. The molecule has 2 heterocycles. The van der Waals surface area contributed by atoms with E-state index < -0.39 is 43.5 Å². The Balaban J connectivity index is 2.27. The number of fused-ring (bicyclic) bond motifs is 1. The van der Waals surface area contributed by atoms with Crippen LogP contribution in [-0.2, 0) is 9.84 Å². The number of nitrogens with zero attached hydrogens (tertiary/aromatic N) is 1. The Hall–Kier alpha value is -2.33. The van der Waals surface area contributed by atoms with Crippen molar-refractivity contribution in [2.75, 3.05) is 0 Å². The summed E-state index contributed by atoms with van der Waals surface area (Å²) in [5.74, 6) is 0.0900. The molecule has 0 saturated carbocycles. The van der Waals surface area contributed by atoms with Gasteiger partial charge in [-0.2, -0.15) is 13.2 Å². The van der Waals surface area contributed by atoms with Crippen LogP contribution in [0, 0.1) is 0 Å². The monoisotopic (exact) mass is 403 g/mol. The summed E-state index contributed by atoms with van der Waals surface area (Å²) in [4.78, 5) is 11.3. The molecule has 0 saturated heterocycles. The van der Waals surface area contributed by atoms with Gasteiger partial charge in [-0.15, -0.1) is 0 Å². The van der Waals surface area contributed by atoms with Gasteiger partial charge in [-0.25, -0.2) is 8.42 Å². The first-order chi connectivity index (χ1) is 12.4. The first kappa shape index (κ1) is 19.4. The van der Waals surface area contributed by atoms with Crippen LogP contribution in [0.25, 0.3) is 0 Å². The number of aliphatic hydroxyl groups is 1. The van der Waals surface area contributed by atoms with Crippen molar-refractivity contribution in [2.45, 2.75) is 42.0 Å². The van der Waals surface area contributed by atoms with Crippen molar-refractivity contribution >= 4 is 9.84 Å². The Morgan fingerprint density at radius 1 is 1.19 bits per heavy atom. The Morgan fingerprint density at radius 2 is 1.85 bits per heavy atom. The molecule has 0 fully saturated rings. The van der Waals surface area contributed by atoms with Crippen LogP contribution in [0.3, 0.4) is 0 Å². The first-order valence-electron chi connectivity index (χ1n) is 7.86. The highest BCUT2D eigenvalue weighted by Gasteiger charge is 2.49. The van der Waals surface area contributed by atoms with Gasteiger partial charge in [0, 0.05) is 17.8 Å². The van der Waals surface area contributed by atoms with Crippen molar-refractivity contribution in [2.24, 2.45) is 0 Å². The molecule has 1 N–H and O–H groups in total. The minimum absolute atomic E-state index is 0.0274. The lowest BCUT2D eigenvalue weighted by molar-refractivity contribution is -0.0644. The normalized spacial score (nSPS) is 22.0. The van der Waals surface area contributed by atoms with Crippen molar-refractivity contribution < 1.29 is 31.4 Å². The fourth-order valence-electron chi connectivity index (χ4n) is 3.02. The average molecular weight is 403 g/mol. The molecule has 1 aliphatic heterocycles. The molecule has 2 atom stereocenters. The molecule has 27 heavy (non-hydrogen) atoms. The lowest BCUT2D eigenvalue weighted by Crippen LogP contribution is -2.52. The summed E-state index contributed by atoms with van der Waals surface area (Å²) in [5, 5.41) is 10.7. The maximum atomic E-state index is 12.9. The summed E-state index contributed by atoms with van der Waals surface area (Å²) in [6, 6.07) is 5.78. The summed E-state index contributed by atoms with van der Waals surface area (Å²) in [5.41, 5.74) is -7.18. The summed E-state index contributed by atoms with van der Waals surface area (Å²) in [6.07, 6.45) is 0.0423. The van der Waals surface area contributed by atoms with E-state index in [-0.39, 0.29) is 11.3 Å². The van der Waals surface area contributed by atoms with Crippen LogP contribution < -0.4 is 10.3 Å². The number of hydrogen-bond donors (Lipinski definition) is 1. The molecule has 0 radical (unpaired) electrons. The van der Waals surface area contributed by atoms with E-state index in [0.717, 1.165) is 22.8 Å². The number of halogens is 3. The van der Waals surface area contributed by atoms with E-state index in [4.69, 9.17) is 4.74 Å². The number of alkyl halides is 3. The number of rotatable bonds is 2. The number of hydrogen-bond acceptors (Lipinski definition) is 5. The number of sulfone groups is 1. The highest BCUT2D eigenvalue weighted by molar-refractivity contribution is 7.92. The van der Waals surface area contributed by atoms with E-state index in [2.05, 4.69) is 0 Å². The topological polar surface area (TPSA) is 85.6 Å². The fraction of sp³-hybridized carbons (Fsp3) is 0.353. The maximum Gasteiger partial charge on any atom is 0.501 e. The molecule has 0 unspecified atom stereocenters.